The van der Waals surface area contributed by atoms with Crippen molar-refractivity contribution in [3.05, 3.63) is 101 Å². The van der Waals surface area contributed by atoms with E-state index in [0.29, 0.717) is 14.6 Å². The first-order valence-corrected chi connectivity index (χ1v) is 9.52. The van der Waals surface area contributed by atoms with Crippen LogP contribution in [0.5, 0.6) is 0 Å². The van der Waals surface area contributed by atoms with Crippen LogP contribution >= 0.6 is 34.5 Å². The molecule has 4 rings (SSSR count). The molecular formula is C19H11Cl2N3O2S. The highest BCUT2D eigenvalue weighted by Gasteiger charge is 2.12. The van der Waals surface area contributed by atoms with Gasteiger partial charge >= 0.3 is 0 Å². The summed E-state index contributed by atoms with van der Waals surface area (Å²) in [6.45, 7) is 0. The minimum absolute atomic E-state index is 0.171. The zero-order chi connectivity index (χ0) is 19.0. The summed E-state index contributed by atoms with van der Waals surface area (Å²) in [5.74, 6) is 0. The predicted molar refractivity (Wildman–Crippen MR) is 108 cm³/mol. The molecule has 0 atom stereocenters. The first kappa shape index (κ1) is 17.9. The molecule has 0 spiro atoms. The van der Waals surface area contributed by atoms with E-state index in [2.05, 4.69) is 10.1 Å². The molecule has 2 aromatic heterocycles. The summed E-state index contributed by atoms with van der Waals surface area (Å²) in [5, 5.41) is 5.33. The van der Waals surface area contributed by atoms with Gasteiger partial charge in [0.15, 0.2) is 0 Å². The molecular weight excluding hydrogens is 405 g/mol. The lowest BCUT2D eigenvalue weighted by atomic mass is 10.1. The molecule has 4 aromatic rings. The number of aromatic nitrogens is 3. The van der Waals surface area contributed by atoms with Crippen molar-refractivity contribution in [2.45, 2.75) is 6.42 Å². The van der Waals surface area contributed by atoms with Crippen LogP contribution in [0.25, 0.3) is 11.0 Å². The topological polar surface area (TPSA) is 64.3 Å². The third kappa shape index (κ3) is 3.64. The molecule has 0 saturated carbocycles. The van der Waals surface area contributed by atoms with Gasteiger partial charge in [-0.05, 0) is 35.4 Å². The number of halogens is 2. The van der Waals surface area contributed by atoms with Gasteiger partial charge in [0.1, 0.15) is 5.69 Å². The Morgan fingerprint density at radius 1 is 1.07 bits per heavy atom. The summed E-state index contributed by atoms with van der Waals surface area (Å²) >= 11 is 13.2. The van der Waals surface area contributed by atoms with E-state index in [1.54, 1.807) is 36.4 Å². The van der Waals surface area contributed by atoms with Crippen molar-refractivity contribution in [1.29, 1.82) is 0 Å². The van der Waals surface area contributed by atoms with Gasteiger partial charge in [0, 0.05) is 16.5 Å². The van der Waals surface area contributed by atoms with Crippen molar-refractivity contribution in [2.75, 3.05) is 0 Å². The summed E-state index contributed by atoms with van der Waals surface area (Å²) in [6.07, 6.45) is 1.91. The zero-order valence-corrected chi connectivity index (χ0v) is 16.1. The van der Waals surface area contributed by atoms with Crippen LogP contribution in [0.3, 0.4) is 0 Å². The maximum atomic E-state index is 12.7. The van der Waals surface area contributed by atoms with E-state index in [4.69, 9.17) is 23.2 Å². The average Bonchev–Trinajstić information content (AvgIpc) is 2.92. The second-order valence-corrected chi connectivity index (χ2v) is 7.65. The lowest BCUT2D eigenvalue weighted by molar-refractivity contribution is 0.811. The number of thiazole rings is 1. The second kappa shape index (κ2) is 7.23. The van der Waals surface area contributed by atoms with Gasteiger partial charge in [-0.3, -0.25) is 9.59 Å². The van der Waals surface area contributed by atoms with Crippen LogP contribution in [0.2, 0.25) is 10.0 Å². The quantitative estimate of drug-likeness (QED) is 0.515. The third-order valence-electron chi connectivity index (χ3n) is 3.91. The fourth-order valence-corrected chi connectivity index (χ4v) is 3.93. The Labute approximate surface area is 167 Å². The van der Waals surface area contributed by atoms with Crippen molar-refractivity contribution < 1.29 is 0 Å². The van der Waals surface area contributed by atoms with Crippen molar-refractivity contribution in [3.63, 3.8) is 0 Å². The van der Waals surface area contributed by atoms with Gasteiger partial charge in [0.2, 0.25) is 4.96 Å². The van der Waals surface area contributed by atoms with Gasteiger partial charge in [0.05, 0.1) is 4.53 Å². The Balaban J connectivity index is 1.83. The number of nitrogens with zero attached hydrogens (tertiary/aromatic N) is 3. The van der Waals surface area contributed by atoms with Gasteiger partial charge in [-0.15, -0.1) is 0 Å². The van der Waals surface area contributed by atoms with E-state index in [9.17, 15) is 9.59 Å². The molecule has 5 nitrogen and oxygen atoms in total. The van der Waals surface area contributed by atoms with E-state index in [1.807, 2.05) is 18.2 Å². The first-order valence-electron chi connectivity index (χ1n) is 7.95. The van der Waals surface area contributed by atoms with Crippen molar-refractivity contribution in [3.8, 4) is 0 Å². The molecule has 0 bridgehead atoms. The van der Waals surface area contributed by atoms with E-state index < -0.39 is 5.56 Å². The van der Waals surface area contributed by atoms with E-state index >= 15 is 0 Å². The molecule has 0 saturated heterocycles. The molecule has 0 unspecified atom stereocenters. The predicted octanol–water partition coefficient (Wildman–Crippen LogP) is 2.96. The van der Waals surface area contributed by atoms with Crippen LogP contribution in [0.1, 0.15) is 16.8 Å². The smallest absolute Gasteiger partial charge is 0.266 e. The molecule has 8 heteroatoms. The van der Waals surface area contributed by atoms with Crippen molar-refractivity contribution in [2.24, 2.45) is 0 Å². The van der Waals surface area contributed by atoms with E-state index in [1.165, 1.54) is 0 Å². The molecule has 0 radical (unpaired) electrons. The molecule has 0 amide bonds. The second-order valence-electron chi connectivity index (χ2n) is 5.80. The van der Waals surface area contributed by atoms with Gasteiger partial charge in [-0.1, -0.05) is 64.9 Å². The molecule has 0 aliphatic carbocycles. The van der Waals surface area contributed by atoms with Gasteiger partial charge < -0.3 is 0 Å². The Kier molecular flexibility index (Phi) is 4.78. The van der Waals surface area contributed by atoms with Crippen LogP contribution in [0.15, 0.2) is 58.1 Å². The number of benzene rings is 2. The standard InChI is InChI=1S/C19H11Cl2N3O2S/c20-13-6-3-4-11(8-13)9-16-18(26)24-19(27-16)22-17(25)15(23-24)10-12-5-1-2-7-14(12)21/h1-9H,10H2/b16-9+. The van der Waals surface area contributed by atoms with Crippen LogP contribution in [0, 0.1) is 0 Å². The molecule has 2 heterocycles. The molecule has 2 aromatic carbocycles. The van der Waals surface area contributed by atoms with Crippen LogP contribution in [-0.4, -0.2) is 14.6 Å². The highest BCUT2D eigenvalue weighted by atomic mass is 35.5. The summed E-state index contributed by atoms with van der Waals surface area (Å²) in [7, 11) is 0. The summed E-state index contributed by atoms with van der Waals surface area (Å²) < 4.78 is 1.58. The van der Waals surface area contributed by atoms with Crippen molar-refractivity contribution >= 4 is 45.6 Å². The molecule has 0 aliphatic rings. The largest absolute Gasteiger partial charge is 0.296 e. The summed E-state index contributed by atoms with van der Waals surface area (Å²) in [5.41, 5.74) is 0.905. The van der Waals surface area contributed by atoms with Crippen LogP contribution in [-0.2, 0) is 6.42 Å². The van der Waals surface area contributed by atoms with Gasteiger partial charge in [-0.25, -0.2) is 0 Å². The SMILES string of the molecule is O=c1nc2s/c(=C/c3cccc(Cl)c3)c(=O)n2nc1Cc1ccccc1Cl. The Hall–Kier alpha value is -2.54. The number of fused-ring (bicyclic) bond motifs is 1. The Morgan fingerprint density at radius 3 is 2.67 bits per heavy atom. The normalized spacial score (nSPS) is 12.0. The van der Waals surface area contributed by atoms with E-state index in [0.717, 1.165) is 27.0 Å². The molecule has 0 aliphatic heterocycles. The molecule has 0 N–H and O–H groups in total. The van der Waals surface area contributed by atoms with Gasteiger partial charge in [-0.2, -0.15) is 14.6 Å². The van der Waals surface area contributed by atoms with Crippen LogP contribution < -0.4 is 15.7 Å². The lowest BCUT2D eigenvalue weighted by Gasteiger charge is -2.02. The fraction of sp³-hybridized carbons (Fsp3) is 0.0526. The Morgan fingerprint density at radius 2 is 1.89 bits per heavy atom. The zero-order valence-electron chi connectivity index (χ0n) is 13.7. The first-order chi connectivity index (χ1) is 13.0. The monoisotopic (exact) mass is 415 g/mol. The number of hydrogen-bond donors (Lipinski definition) is 0. The highest BCUT2D eigenvalue weighted by Crippen LogP contribution is 2.17. The highest BCUT2D eigenvalue weighted by molar-refractivity contribution is 7.15. The summed E-state index contributed by atoms with van der Waals surface area (Å²) in [4.78, 5) is 29.3. The third-order valence-corrected chi connectivity index (χ3v) is 5.48. The molecule has 134 valence electrons. The maximum Gasteiger partial charge on any atom is 0.296 e. The molecule has 27 heavy (non-hydrogen) atoms. The Bertz CT molecular complexity index is 1330. The lowest BCUT2D eigenvalue weighted by Crippen LogP contribution is -2.28. The average molecular weight is 416 g/mol. The minimum Gasteiger partial charge on any atom is -0.266 e. The van der Waals surface area contributed by atoms with Crippen LogP contribution in [0.4, 0.5) is 0 Å². The maximum absolute atomic E-state index is 12.7. The summed E-state index contributed by atoms with van der Waals surface area (Å²) in [6, 6.07) is 14.3. The number of rotatable bonds is 3. The minimum atomic E-state index is -0.467. The molecule has 0 fully saturated rings. The van der Waals surface area contributed by atoms with E-state index in [-0.39, 0.29) is 22.6 Å². The van der Waals surface area contributed by atoms with Gasteiger partial charge in [0.25, 0.3) is 11.1 Å². The fourth-order valence-electron chi connectivity index (χ4n) is 2.62. The van der Waals surface area contributed by atoms with Crippen molar-refractivity contribution in [1.82, 2.24) is 14.6 Å². The number of hydrogen-bond acceptors (Lipinski definition) is 5.